The fraction of sp³-hybridized carbons (Fsp3) is 0.889. The fourth-order valence-electron chi connectivity index (χ4n) is 0.834. The maximum atomic E-state index is 11.6. The first-order valence-electron chi connectivity index (χ1n) is 4.60. The van der Waals surface area contributed by atoms with Gasteiger partial charge in [0.2, 0.25) is 0 Å². The minimum atomic E-state index is -0.340. The number of carbonyl (C=O) groups is 1. The number of rotatable bonds is 8. The van der Waals surface area contributed by atoms with Crippen molar-refractivity contribution < 1.29 is 18.7 Å². The van der Waals surface area contributed by atoms with E-state index in [2.05, 4.69) is 4.74 Å². The third-order valence-corrected chi connectivity index (χ3v) is 1.45. The lowest BCUT2D eigenvalue weighted by atomic mass is 10.3. The van der Waals surface area contributed by atoms with Gasteiger partial charge in [-0.25, -0.2) is 4.79 Å². The molecule has 0 aromatic carbocycles. The van der Waals surface area contributed by atoms with Crippen LogP contribution in [-0.4, -0.2) is 32.5 Å². The zero-order valence-electron chi connectivity index (χ0n) is 8.05. The normalized spacial score (nSPS) is 10.0. The van der Waals surface area contributed by atoms with Gasteiger partial charge < -0.3 is 9.47 Å². The second-order valence-corrected chi connectivity index (χ2v) is 2.61. The molecule has 0 rings (SSSR count). The Morgan fingerprint density at radius 1 is 1.31 bits per heavy atom. The molecule has 78 valence electrons. The summed E-state index contributed by atoms with van der Waals surface area (Å²) in [4.78, 5) is 10.7. The molecule has 0 aromatic rings. The van der Waals surface area contributed by atoms with Crippen LogP contribution in [0.3, 0.4) is 0 Å². The van der Waals surface area contributed by atoms with Gasteiger partial charge in [-0.2, -0.15) is 0 Å². The van der Waals surface area contributed by atoms with Crippen molar-refractivity contribution in [1.82, 2.24) is 0 Å². The van der Waals surface area contributed by atoms with Gasteiger partial charge in [-0.3, -0.25) is 4.39 Å². The van der Waals surface area contributed by atoms with E-state index in [1.165, 1.54) is 0 Å². The largest absolute Gasteiger partial charge is 0.464 e. The van der Waals surface area contributed by atoms with E-state index in [1.807, 2.05) is 0 Å². The predicted octanol–water partition coefficient (Wildman–Crippen LogP) is 1.71. The summed E-state index contributed by atoms with van der Waals surface area (Å²) in [7, 11) is 0. The van der Waals surface area contributed by atoms with Gasteiger partial charge in [0.25, 0.3) is 0 Å². The van der Waals surface area contributed by atoms with E-state index in [1.54, 1.807) is 6.92 Å². The van der Waals surface area contributed by atoms with Crippen LogP contribution in [0.4, 0.5) is 4.39 Å². The summed E-state index contributed by atoms with van der Waals surface area (Å²) in [6.45, 7) is 2.35. The minimum absolute atomic E-state index is 0.00344. The molecule has 0 aliphatic carbocycles. The van der Waals surface area contributed by atoms with E-state index in [9.17, 15) is 9.18 Å². The highest BCUT2D eigenvalue weighted by Gasteiger charge is 1.99. The van der Waals surface area contributed by atoms with E-state index in [0.717, 1.165) is 12.8 Å². The van der Waals surface area contributed by atoms with Gasteiger partial charge >= 0.3 is 5.97 Å². The molecule has 0 amide bonds. The number of halogens is 1. The average molecular weight is 192 g/mol. The standard InChI is InChI=1S/C9H17FO3/c1-2-13-9(11)8-12-7-5-3-4-6-10/h2-8H2,1H3. The molecule has 0 aliphatic rings. The van der Waals surface area contributed by atoms with E-state index in [4.69, 9.17) is 4.74 Å². The Hall–Kier alpha value is -0.640. The number of hydrogen-bond acceptors (Lipinski definition) is 3. The zero-order valence-corrected chi connectivity index (χ0v) is 8.05. The van der Waals surface area contributed by atoms with Crippen molar-refractivity contribution in [3.8, 4) is 0 Å². The Balaban J connectivity index is 3.02. The number of alkyl halides is 1. The summed E-state index contributed by atoms with van der Waals surface area (Å²) in [6.07, 6.45) is 2.17. The minimum Gasteiger partial charge on any atom is -0.464 e. The zero-order chi connectivity index (χ0) is 9.94. The lowest BCUT2D eigenvalue weighted by Gasteiger charge is -2.02. The first-order valence-corrected chi connectivity index (χ1v) is 4.60. The van der Waals surface area contributed by atoms with Gasteiger partial charge in [0.15, 0.2) is 0 Å². The van der Waals surface area contributed by atoms with Crippen molar-refractivity contribution in [2.75, 3.05) is 26.5 Å². The third kappa shape index (κ3) is 9.27. The number of esters is 1. The van der Waals surface area contributed by atoms with Crippen LogP contribution < -0.4 is 0 Å². The van der Waals surface area contributed by atoms with E-state index in [-0.39, 0.29) is 19.3 Å². The van der Waals surface area contributed by atoms with Crippen molar-refractivity contribution in [3.05, 3.63) is 0 Å². The molecule has 0 bridgehead atoms. The summed E-state index contributed by atoms with van der Waals surface area (Å²) in [5.41, 5.74) is 0. The molecule has 0 spiro atoms. The van der Waals surface area contributed by atoms with E-state index in [0.29, 0.717) is 19.6 Å². The van der Waals surface area contributed by atoms with Crippen LogP contribution in [0.5, 0.6) is 0 Å². The van der Waals surface area contributed by atoms with E-state index < -0.39 is 0 Å². The van der Waals surface area contributed by atoms with Gasteiger partial charge in [-0.1, -0.05) is 0 Å². The van der Waals surface area contributed by atoms with Crippen molar-refractivity contribution in [2.45, 2.75) is 26.2 Å². The first-order chi connectivity index (χ1) is 6.31. The molecule has 0 radical (unpaired) electrons. The Morgan fingerprint density at radius 3 is 2.69 bits per heavy atom. The summed E-state index contributed by atoms with van der Waals surface area (Å²) in [5, 5.41) is 0. The Labute approximate surface area is 78.2 Å². The van der Waals surface area contributed by atoms with Crippen molar-refractivity contribution in [1.29, 1.82) is 0 Å². The Morgan fingerprint density at radius 2 is 2.08 bits per heavy atom. The monoisotopic (exact) mass is 192 g/mol. The molecule has 4 heteroatoms. The molecule has 0 aromatic heterocycles. The molecule has 13 heavy (non-hydrogen) atoms. The highest BCUT2D eigenvalue weighted by atomic mass is 19.1. The Bertz CT molecular complexity index is 128. The molecule has 0 atom stereocenters. The summed E-state index contributed by atoms with van der Waals surface area (Å²) >= 11 is 0. The van der Waals surface area contributed by atoms with Gasteiger partial charge in [-0.15, -0.1) is 0 Å². The average Bonchev–Trinajstić information content (AvgIpc) is 2.11. The number of hydrogen-bond donors (Lipinski definition) is 0. The second-order valence-electron chi connectivity index (χ2n) is 2.61. The van der Waals surface area contributed by atoms with Gasteiger partial charge in [0, 0.05) is 6.61 Å². The van der Waals surface area contributed by atoms with Gasteiger partial charge in [0.1, 0.15) is 6.61 Å². The topological polar surface area (TPSA) is 35.5 Å². The second kappa shape index (κ2) is 9.45. The molecular formula is C9H17FO3. The van der Waals surface area contributed by atoms with Gasteiger partial charge in [-0.05, 0) is 26.2 Å². The van der Waals surface area contributed by atoms with Crippen LogP contribution in [0, 0.1) is 0 Å². The maximum absolute atomic E-state index is 11.6. The molecule has 0 unspecified atom stereocenters. The van der Waals surface area contributed by atoms with Crippen LogP contribution in [0.2, 0.25) is 0 Å². The quantitative estimate of drug-likeness (QED) is 0.434. The van der Waals surface area contributed by atoms with Crippen LogP contribution in [0.15, 0.2) is 0 Å². The summed E-state index contributed by atoms with van der Waals surface area (Å²) < 4.78 is 21.3. The summed E-state index contributed by atoms with van der Waals surface area (Å²) in [6, 6.07) is 0. The van der Waals surface area contributed by atoms with Crippen LogP contribution in [-0.2, 0) is 14.3 Å². The lowest BCUT2D eigenvalue weighted by molar-refractivity contribution is -0.148. The molecule has 0 N–H and O–H groups in total. The third-order valence-electron chi connectivity index (χ3n) is 1.45. The molecule has 0 aliphatic heterocycles. The molecule has 0 saturated heterocycles. The molecule has 0 heterocycles. The lowest BCUT2D eigenvalue weighted by Crippen LogP contribution is -2.12. The maximum Gasteiger partial charge on any atom is 0.332 e. The smallest absolute Gasteiger partial charge is 0.332 e. The van der Waals surface area contributed by atoms with Crippen LogP contribution in [0.25, 0.3) is 0 Å². The number of carbonyl (C=O) groups excluding carboxylic acids is 1. The van der Waals surface area contributed by atoms with Crippen molar-refractivity contribution in [2.24, 2.45) is 0 Å². The number of unbranched alkanes of at least 4 members (excludes halogenated alkanes) is 2. The molecule has 0 fully saturated rings. The molecule has 3 nitrogen and oxygen atoms in total. The van der Waals surface area contributed by atoms with Crippen molar-refractivity contribution in [3.63, 3.8) is 0 Å². The van der Waals surface area contributed by atoms with Gasteiger partial charge in [0.05, 0.1) is 13.3 Å². The fourth-order valence-corrected chi connectivity index (χ4v) is 0.834. The van der Waals surface area contributed by atoms with Crippen molar-refractivity contribution >= 4 is 5.97 Å². The number of ether oxygens (including phenoxy) is 2. The predicted molar refractivity (Wildman–Crippen MR) is 47.3 cm³/mol. The van der Waals surface area contributed by atoms with Crippen LogP contribution in [0.1, 0.15) is 26.2 Å². The SMILES string of the molecule is CCOC(=O)COCCCCCF. The highest BCUT2D eigenvalue weighted by Crippen LogP contribution is 1.96. The molecular weight excluding hydrogens is 175 g/mol. The Kier molecular flexibility index (Phi) is 8.98. The molecule has 0 saturated carbocycles. The van der Waals surface area contributed by atoms with E-state index >= 15 is 0 Å². The summed E-state index contributed by atoms with van der Waals surface area (Å²) in [5.74, 6) is -0.340. The van der Waals surface area contributed by atoms with Crippen LogP contribution >= 0.6 is 0 Å². The first kappa shape index (κ1) is 12.4. The highest BCUT2D eigenvalue weighted by molar-refractivity contribution is 5.70.